The van der Waals surface area contributed by atoms with Crippen LogP contribution in [0.1, 0.15) is 91.9 Å². The molecule has 3 heterocycles. The molecule has 21 heteroatoms. The van der Waals surface area contributed by atoms with E-state index in [1.54, 1.807) is 63.3 Å². The molecule has 0 aromatic rings. The van der Waals surface area contributed by atoms with Crippen LogP contribution in [0.25, 0.3) is 0 Å². The molecule has 1 amide bonds. The molecular weight excluding hydrogens is 987 g/mol. The molecule has 19 atom stereocenters. The highest BCUT2D eigenvalue weighted by Crippen LogP contribution is 2.38. The van der Waals surface area contributed by atoms with Gasteiger partial charge < -0.3 is 92.5 Å². The highest BCUT2D eigenvalue weighted by Gasteiger charge is 2.51. The van der Waals surface area contributed by atoms with Crippen LogP contribution in [0.4, 0.5) is 0 Å². The van der Waals surface area contributed by atoms with Crippen molar-refractivity contribution in [1.29, 1.82) is 0 Å². The molecule has 3 aliphatic heterocycles. The van der Waals surface area contributed by atoms with Crippen molar-refractivity contribution in [3.63, 3.8) is 0 Å². The summed E-state index contributed by atoms with van der Waals surface area (Å²) in [5.41, 5.74) is 17.4. The van der Waals surface area contributed by atoms with Crippen LogP contribution in [0, 0.1) is 17.8 Å². The maximum atomic E-state index is 13.7. The van der Waals surface area contributed by atoms with Crippen molar-refractivity contribution in [2.75, 3.05) is 39.3 Å². The molecule has 434 valence electrons. The monoisotopic (exact) mass is 1080 g/mol. The number of cyclic esters (lactones) is 1. The van der Waals surface area contributed by atoms with E-state index >= 15 is 0 Å². The van der Waals surface area contributed by atoms with E-state index in [0.29, 0.717) is 39.0 Å². The lowest BCUT2D eigenvalue weighted by atomic mass is 9.82. The number of rotatable bonds is 12. The second-order valence-electron chi connectivity index (χ2n) is 20.5. The normalized spacial score (nSPS) is 40.7. The van der Waals surface area contributed by atoms with Gasteiger partial charge in [-0.1, -0.05) is 98.9 Å². The molecule has 3 rings (SSSR count). The van der Waals surface area contributed by atoms with E-state index in [1.165, 1.54) is 0 Å². The number of aliphatic hydroxyl groups is 10. The molecule has 0 aromatic carbocycles. The molecule has 0 aliphatic carbocycles. The van der Waals surface area contributed by atoms with Gasteiger partial charge in [-0.05, 0) is 72.1 Å². The first-order chi connectivity index (χ1) is 36.1. The lowest BCUT2D eigenvalue weighted by Crippen LogP contribution is -2.64. The minimum Gasteiger partial charge on any atom is -0.462 e. The van der Waals surface area contributed by atoms with E-state index < -0.39 is 147 Å². The van der Waals surface area contributed by atoms with Gasteiger partial charge in [0, 0.05) is 50.6 Å². The molecule has 0 spiro atoms. The Hall–Kier alpha value is -3.56. The largest absolute Gasteiger partial charge is 0.462 e. The summed E-state index contributed by atoms with van der Waals surface area (Å²) in [6, 6.07) is -0.851. The summed E-state index contributed by atoms with van der Waals surface area (Å²) < 4.78 is 24.4. The Bertz CT molecular complexity index is 1880. The first-order valence-electron chi connectivity index (χ1n) is 27.0. The number of carbonyl (C=O) groups is 2. The summed E-state index contributed by atoms with van der Waals surface area (Å²) in [4.78, 5) is 28.4. The van der Waals surface area contributed by atoms with Gasteiger partial charge in [-0.3, -0.25) is 14.5 Å². The van der Waals surface area contributed by atoms with E-state index in [9.17, 15) is 60.7 Å². The summed E-state index contributed by atoms with van der Waals surface area (Å²) in [5, 5.41) is 115. The number of fused-ring (bicyclic) bond motifs is 2. The van der Waals surface area contributed by atoms with Crippen LogP contribution >= 0.6 is 0 Å². The van der Waals surface area contributed by atoms with Crippen LogP contribution in [0.3, 0.4) is 0 Å². The Kier molecular flexibility index (Phi) is 30.8. The van der Waals surface area contributed by atoms with Crippen LogP contribution in [-0.4, -0.2) is 205 Å². The third kappa shape index (κ3) is 23.0. The first kappa shape index (κ1) is 66.7. The van der Waals surface area contributed by atoms with Gasteiger partial charge >= 0.3 is 5.97 Å². The molecule has 17 N–H and O–H groups in total. The van der Waals surface area contributed by atoms with Gasteiger partial charge in [0.25, 0.3) is 0 Å². The van der Waals surface area contributed by atoms with Crippen molar-refractivity contribution in [3.05, 3.63) is 85.1 Å². The summed E-state index contributed by atoms with van der Waals surface area (Å²) in [7, 11) is 0. The van der Waals surface area contributed by atoms with E-state index in [1.807, 2.05) is 54.4 Å². The fourth-order valence-corrected chi connectivity index (χ4v) is 9.68. The van der Waals surface area contributed by atoms with Crippen LogP contribution < -0.4 is 22.5 Å². The summed E-state index contributed by atoms with van der Waals surface area (Å²) >= 11 is 0. The van der Waals surface area contributed by atoms with Crippen molar-refractivity contribution < 1.29 is 79.6 Å². The second-order valence-corrected chi connectivity index (χ2v) is 20.5. The fraction of sp³-hybridized carbons (Fsp3) is 0.709. The molecule has 0 aromatic heterocycles. The zero-order chi connectivity index (χ0) is 56.4. The van der Waals surface area contributed by atoms with Gasteiger partial charge in [0.2, 0.25) is 5.91 Å². The Balaban J connectivity index is 2.00. The molecule has 2 bridgehead atoms. The highest BCUT2D eigenvalue weighted by molar-refractivity contribution is 5.80. The predicted molar refractivity (Wildman–Crippen MR) is 286 cm³/mol. The number of hydrogen-bond donors (Lipinski definition) is 14. The molecule has 2 saturated heterocycles. The molecule has 0 radical (unpaired) electrons. The zero-order valence-corrected chi connectivity index (χ0v) is 44.9. The third-order valence-electron chi connectivity index (χ3n) is 14.1. The molecule has 21 nitrogen and oxygen atoms in total. The van der Waals surface area contributed by atoms with Crippen LogP contribution in [-0.2, 0) is 28.5 Å². The lowest BCUT2D eigenvalue weighted by Gasteiger charge is -2.48. The number of carbonyl (C=O) groups excluding carboxylic acids is 2. The molecule has 3 aliphatic rings. The van der Waals surface area contributed by atoms with Gasteiger partial charge in [-0.25, -0.2) is 0 Å². The number of nitrogens with zero attached hydrogens (tertiary/aromatic N) is 1. The smallest absolute Gasteiger partial charge is 0.308 e. The van der Waals surface area contributed by atoms with Crippen molar-refractivity contribution >= 4 is 11.9 Å². The van der Waals surface area contributed by atoms with Crippen molar-refractivity contribution in [3.8, 4) is 0 Å². The number of amides is 1. The third-order valence-corrected chi connectivity index (χ3v) is 14.1. The average Bonchev–Trinajstić information content (AvgIpc) is 3.35. The van der Waals surface area contributed by atoms with Crippen molar-refractivity contribution in [2.24, 2.45) is 35.0 Å². The van der Waals surface area contributed by atoms with E-state index in [-0.39, 0.29) is 44.7 Å². The minimum atomic E-state index is -2.29. The maximum absolute atomic E-state index is 13.7. The molecule has 1 unspecified atom stereocenters. The number of aliphatic hydroxyl groups excluding tert-OH is 9. The summed E-state index contributed by atoms with van der Waals surface area (Å²) in [6.07, 6.45) is 6.01. The van der Waals surface area contributed by atoms with E-state index in [2.05, 4.69) is 5.32 Å². The van der Waals surface area contributed by atoms with Crippen molar-refractivity contribution in [1.82, 2.24) is 10.2 Å². The second kappa shape index (κ2) is 35.1. The minimum absolute atomic E-state index is 0.0571. The van der Waals surface area contributed by atoms with Gasteiger partial charge in [0.15, 0.2) is 12.1 Å². The van der Waals surface area contributed by atoms with E-state index in [0.717, 1.165) is 0 Å². The number of nitrogens with one attached hydrogen (secondary N) is 1. The molecule has 0 saturated carbocycles. The highest BCUT2D eigenvalue weighted by atomic mass is 16.7. The molecule has 2 fully saturated rings. The number of ether oxygens (including phenoxy) is 4. The van der Waals surface area contributed by atoms with Gasteiger partial charge in [-0.2, -0.15) is 0 Å². The lowest BCUT2D eigenvalue weighted by molar-refractivity contribution is -0.311. The average molecular weight is 1080 g/mol. The number of allylic oxidation sites excluding steroid dienone is 12. The van der Waals surface area contributed by atoms with E-state index in [4.69, 9.17) is 36.1 Å². The standard InChI is InChI=1S/C55H93N5O16/c1-35-19-15-13-11-9-7-5-6-8-10-12-14-16-20-42(75-54-52(70)49(51(69)38(4)74-54)60(27-17-23-56)28-18-24-57)32-46-48(53(71)59-26-25-58)45(66)34-55(72,76-46)33-41(63)30-44(65)43(64)22-21-39(61)29-40(62)31-47(67)73-37(3)36(2)50(35)68/h5-16,19-20,35-46,48-52,54,61-66,68-70,72H,17-18,21-34,56-58H2,1-4H3,(H,59,71)/b6-5+,9-7+,10-8+,13-11+,14-12+,19-15+,20-16+/t35-,36-,37-,38+,39+,40+,41-,42-,43+,44+,45-,46-,48+,49-,50+,51+,52-,54?,55+/m0/s1. The van der Waals surface area contributed by atoms with Crippen LogP contribution in [0.2, 0.25) is 0 Å². The Morgan fingerprint density at radius 2 is 1.25 bits per heavy atom. The predicted octanol–water partition coefficient (Wildman–Crippen LogP) is -0.257. The Labute approximate surface area is 449 Å². The Morgan fingerprint density at radius 3 is 1.83 bits per heavy atom. The first-order valence-corrected chi connectivity index (χ1v) is 27.0. The van der Waals surface area contributed by atoms with Gasteiger partial charge in [-0.15, -0.1) is 0 Å². The van der Waals surface area contributed by atoms with Gasteiger partial charge in [0.05, 0.1) is 85.5 Å². The quantitative estimate of drug-likeness (QED) is 0.112. The van der Waals surface area contributed by atoms with Crippen molar-refractivity contribution in [2.45, 2.75) is 189 Å². The zero-order valence-electron chi connectivity index (χ0n) is 44.9. The topological polar surface area (TPSA) is 367 Å². The molecule has 76 heavy (non-hydrogen) atoms. The SMILES string of the molecule is C[C@@H]1[C@H](O)[C@@H](C)/C=C/C=C/C=C/C=C/C=C/C=C/C=C/[C@H](OC2O[C@H](C)[C@@H](O)[C@H](N(CCCN)CCCN)[C@@H]2O)C[C@@H]2O[C@](O)(C[C@@H](O)C[C@@H](O)[C@H](O)CC[C@@H](O)C[C@@H](O)CC(=O)O[C@H]1C)C[C@H](O)[C@H]2C(=O)NCCN. The number of hydrogen-bond acceptors (Lipinski definition) is 20. The van der Waals surface area contributed by atoms with Crippen LogP contribution in [0.15, 0.2) is 85.1 Å². The Morgan fingerprint density at radius 1 is 0.671 bits per heavy atom. The maximum Gasteiger partial charge on any atom is 0.308 e. The van der Waals surface area contributed by atoms with Crippen LogP contribution in [0.5, 0.6) is 0 Å². The summed E-state index contributed by atoms with van der Waals surface area (Å²) in [6.45, 7) is 8.66. The number of nitrogens with two attached hydrogens (primary N) is 3. The number of esters is 1. The molecular formula is C55H93N5O16. The summed E-state index contributed by atoms with van der Waals surface area (Å²) in [5.74, 6) is -5.70. The van der Waals surface area contributed by atoms with Gasteiger partial charge in [0.1, 0.15) is 12.2 Å². The fourth-order valence-electron chi connectivity index (χ4n) is 9.68.